The van der Waals surface area contributed by atoms with Gasteiger partial charge in [-0.3, -0.25) is 4.79 Å². The van der Waals surface area contributed by atoms with Crippen molar-refractivity contribution in [3.8, 4) is 0 Å². The highest BCUT2D eigenvalue weighted by molar-refractivity contribution is 5.84. The van der Waals surface area contributed by atoms with E-state index in [0.717, 1.165) is 18.0 Å². The maximum atomic E-state index is 12.6. The van der Waals surface area contributed by atoms with Gasteiger partial charge in [0.2, 0.25) is 5.91 Å². The average molecular weight is 244 g/mol. The molecule has 1 amide bonds. The summed E-state index contributed by atoms with van der Waals surface area (Å²) >= 11 is 0. The molecule has 3 nitrogen and oxygen atoms in total. The molecule has 1 aliphatic carbocycles. The lowest BCUT2D eigenvalue weighted by Gasteiger charge is -2.30. The molecular formula is C15H20N2O. The van der Waals surface area contributed by atoms with E-state index < -0.39 is 0 Å². The van der Waals surface area contributed by atoms with E-state index in [1.807, 2.05) is 30.3 Å². The third kappa shape index (κ3) is 1.93. The lowest BCUT2D eigenvalue weighted by atomic mass is 9.96. The summed E-state index contributed by atoms with van der Waals surface area (Å²) in [6.07, 6.45) is 3.69. The third-order valence-corrected chi connectivity index (χ3v) is 4.43. The summed E-state index contributed by atoms with van der Waals surface area (Å²) < 4.78 is 0. The Morgan fingerprint density at radius 1 is 1.33 bits per heavy atom. The molecule has 2 N–H and O–H groups in total. The van der Waals surface area contributed by atoms with Gasteiger partial charge in [0.1, 0.15) is 0 Å². The van der Waals surface area contributed by atoms with Gasteiger partial charge in [-0.2, -0.15) is 0 Å². The molecule has 96 valence electrons. The number of rotatable bonds is 3. The molecular weight excluding hydrogens is 224 g/mol. The van der Waals surface area contributed by atoms with Crippen molar-refractivity contribution in [2.75, 3.05) is 13.1 Å². The monoisotopic (exact) mass is 244 g/mol. The highest BCUT2D eigenvalue weighted by Gasteiger charge is 2.41. The summed E-state index contributed by atoms with van der Waals surface area (Å²) in [7, 11) is 0. The van der Waals surface area contributed by atoms with Crippen LogP contribution in [0.3, 0.4) is 0 Å². The number of carbonyl (C=O) groups excluding carboxylic acids is 1. The number of amides is 1. The molecule has 3 atom stereocenters. The molecule has 3 rings (SSSR count). The normalized spacial score (nSPS) is 27.5. The van der Waals surface area contributed by atoms with Crippen LogP contribution in [0, 0.1) is 5.92 Å². The lowest BCUT2D eigenvalue weighted by molar-refractivity contribution is -0.134. The fraction of sp³-hybridized carbons (Fsp3) is 0.533. The largest absolute Gasteiger partial charge is 0.339 e. The van der Waals surface area contributed by atoms with Crippen LogP contribution in [0.2, 0.25) is 0 Å². The molecule has 0 spiro atoms. The van der Waals surface area contributed by atoms with Crippen LogP contribution in [0.5, 0.6) is 0 Å². The van der Waals surface area contributed by atoms with E-state index in [1.54, 1.807) is 0 Å². The first-order chi connectivity index (χ1) is 8.79. The molecule has 2 aliphatic rings. The average Bonchev–Trinajstić information content (AvgIpc) is 3.03. The maximum absolute atomic E-state index is 12.6. The molecule has 1 aromatic carbocycles. The Bertz CT molecular complexity index is 431. The maximum Gasteiger partial charge on any atom is 0.231 e. The number of hydrogen-bond donors (Lipinski definition) is 1. The molecule has 2 fully saturated rings. The van der Waals surface area contributed by atoms with Crippen molar-refractivity contribution in [3.63, 3.8) is 0 Å². The third-order valence-electron chi connectivity index (χ3n) is 4.43. The Kier molecular flexibility index (Phi) is 3.08. The Morgan fingerprint density at radius 3 is 2.67 bits per heavy atom. The van der Waals surface area contributed by atoms with Crippen LogP contribution in [-0.4, -0.2) is 29.9 Å². The van der Waals surface area contributed by atoms with Gasteiger partial charge in [0, 0.05) is 19.1 Å². The van der Waals surface area contributed by atoms with Gasteiger partial charge in [0.15, 0.2) is 0 Å². The predicted octanol–water partition coefficient (Wildman–Crippen LogP) is 1.74. The van der Waals surface area contributed by atoms with Crippen molar-refractivity contribution < 1.29 is 4.79 Å². The molecule has 0 radical (unpaired) electrons. The molecule has 2 bridgehead atoms. The molecule has 1 aromatic rings. The molecule has 1 aliphatic heterocycles. The molecule has 3 heteroatoms. The number of likely N-dealkylation sites (tertiary alicyclic amines) is 1. The quantitative estimate of drug-likeness (QED) is 0.880. The summed E-state index contributed by atoms with van der Waals surface area (Å²) in [5, 5.41) is 0. The fourth-order valence-corrected chi connectivity index (χ4v) is 3.46. The van der Waals surface area contributed by atoms with E-state index >= 15 is 0 Å². The Balaban J connectivity index is 1.78. The number of piperidine rings is 1. The number of nitrogens with two attached hydrogens (primary N) is 1. The topological polar surface area (TPSA) is 46.3 Å². The van der Waals surface area contributed by atoms with E-state index in [4.69, 9.17) is 5.73 Å². The molecule has 1 saturated heterocycles. The second-order valence-corrected chi connectivity index (χ2v) is 5.52. The second-order valence-electron chi connectivity index (χ2n) is 5.52. The minimum Gasteiger partial charge on any atom is -0.339 e. The minimum absolute atomic E-state index is 0.162. The Labute approximate surface area is 108 Å². The Morgan fingerprint density at radius 2 is 2.11 bits per heavy atom. The van der Waals surface area contributed by atoms with Gasteiger partial charge in [-0.1, -0.05) is 30.3 Å². The first-order valence-electron chi connectivity index (χ1n) is 6.85. The smallest absolute Gasteiger partial charge is 0.231 e. The first kappa shape index (κ1) is 11.7. The zero-order valence-corrected chi connectivity index (χ0v) is 10.6. The van der Waals surface area contributed by atoms with E-state index in [2.05, 4.69) is 4.90 Å². The van der Waals surface area contributed by atoms with Crippen molar-refractivity contribution in [3.05, 3.63) is 35.9 Å². The summed E-state index contributed by atoms with van der Waals surface area (Å²) in [6.45, 7) is 1.35. The first-order valence-corrected chi connectivity index (χ1v) is 6.85. The highest BCUT2D eigenvalue weighted by atomic mass is 16.2. The molecule has 18 heavy (non-hydrogen) atoms. The summed E-state index contributed by atoms with van der Waals surface area (Å²) in [5.41, 5.74) is 6.87. The zero-order valence-electron chi connectivity index (χ0n) is 10.6. The van der Waals surface area contributed by atoms with Crippen LogP contribution < -0.4 is 5.73 Å². The SMILES string of the molecule is NCC(C(=O)N1CC2CCC1C2)c1ccccc1. The van der Waals surface area contributed by atoms with Crippen molar-refractivity contribution in [1.29, 1.82) is 0 Å². The zero-order chi connectivity index (χ0) is 12.5. The number of carbonyl (C=O) groups is 1. The van der Waals surface area contributed by atoms with Gasteiger partial charge in [0.25, 0.3) is 0 Å². The van der Waals surface area contributed by atoms with Crippen molar-refractivity contribution in [2.45, 2.75) is 31.2 Å². The van der Waals surface area contributed by atoms with E-state index in [9.17, 15) is 4.79 Å². The number of benzene rings is 1. The van der Waals surface area contributed by atoms with Gasteiger partial charge < -0.3 is 10.6 Å². The van der Waals surface area contributed by atoms with Gasteiger partial charge >= 0.3 is 0 Å². The predicted molar refractivity (Wildman–Crippen MR) is 71.1 cm³/mol. The van der Waals surface area contributed by atoms with Gasteiger partial charge in [0.05, 0.1) is 5.92 Å². The van der Waals surface area contributed by atoms with Crippen LogP contribution in [-0.2, 0) is 4.79 Å². The van der Waals surface area contributed by atoms with Crippen LogP contribution in [0.15, 0.2) is 30.3 Å². The van der Waals surface area contributed by atoms with Crippen molar-refractivity contribution in [1.82, 2.24) is 4.90 Å². The summed E-state index contributed by atoms with van der Waals surface area (Å²) in [4.78, 5) is 14.7. The van der Waals surface area contributed by atoms with Crippen molar-refractivity contribution in [2.24, 2.45) is 11.7 Å². The van der Waals surface area contributed by atoms with E-state index in [0.29, 0.717) is 12.6 Å². The lowest BCUT2D eigenvalue weighted by Crippen LogP contribution is -2.42. The van der Waals surface area contributed by atoms with Crippen LogP contribution >= 0.6 is 0 Å². The van der Waals surface area contributed by atoms with Gasteiger partial charge in [-0.05, 0) is 30.7 Å². The van der Waals surface area contributed by atoms with Gasteiger partial charge in [-0.25, -0.2) is 0 Å². The van der Waals surface area contributed by atoms with Crippen molar-refractivity contribution >= 4 is 5.91 Å². The van der Waals surface area contributed by atoms with Crippen LogP contribution in [0.1, 0.15) is 30.7 Å². The molecule has 1 saturated carbocycles. The second kappa shape index (κ2) is 4.73. The van der Waals surface area contributed by atoms with Gasteiger partial charge in [-0.15, -0.1) is 0 Å². The highest BCUT2D eigenvalue weighted by Crippen LogP contribution is 2.38. The standard InChI is InChI=1S/C15H20N2O/c16-9-14(12-4-2-1-3-5-12)15(18)17-10-11-6-7-13(17)8-11/h1-5,11,13-14H,6-10,16H2. The fourth-order valence-electron chi connectivity index (χ4n) is 3.46. The molecule has 0 aromatic heterocycles. The van der Waals surface area contributed by atoms with E-state index in [-0.39, 0.29) is 11.8 Å². The van der Waals surface area contributed by atoms with Crippen LogP contribution in [0.4, 0.5) is 0 Å². The Hall–Kier alpha value is -1.35. The molecule has 1 heterocycles. The summed E-state index contributed by atoms with van der Waals surface area (Å²) in [5.74, 6) is 0.814. The van der Waals surface area contributed by atoms with Crippen LogP contribution in [0.25, 0.3) is 0 Å². The number of nitrogens with zero attached hydrogens (tertiary/aromatic N) is 1. The number of hydrogen-bond acceptors (Lipinski definition) is 2. The minimum atomic E-state index is -0.162. The number of fused-ring (bicyclic) bond motifs is 2. The summed E-state index contributed by atoms with van der Waals surface area (Å²) in [6, 6.07) is 10.4. The molecule has 3 unspecified atom stereocenters. The van der Waals surface area contributed by atoms with E-state index in [1.165, 1.54) is 19.3 Å².